The average molecular weight is 796 g/mol. The molecule has 1 aliphatic rings. The molecular formula is C56H37N5O. The fraction of sp³-hybridized carbons (Fsp3) is 0.0357. The predicted molar refractivity (Wildman–Crippen MR) is 253 cm³/mol. The first-order chi connectivity index (χ1) is 30.7. The van der Waals surface area contributed by atoms with E-state index in [0.717, 1.165) is 107 Å². The van der Waals surface area contributed by atoms with E-state index in [-0.39, 0.29) is 0 Å². The van der Waals surface area contributed by atoms with Crippen molar-refractivity contribution >= 4 is 49.3 Å². The van der Waals surface area contributed by atoms with Crippen LogP contribution in [0.4, 0.5) is 0 Å². The molecule has 0 fully saturated rings. The summed E-state index contributed by atoms with van der Waals surface area (Å²) in [7, 11) is 0. The molecule has 4 aromatic heterocycles. The molecule has 6 heteroatoms. The van der Waals surface area contributed by atoms with Gasteiger partial charge < -0.3 is 8.98 Å². The highest BCUT2D eigenvalue weighted by molar-refractivity contribution is 6.18. The van der Waals surface area contributed by atoms with Crippen LogP contribution in [0.5, 0.6) is 0 Å². The maximum absolute atomic E-state index is 6.97. The summed E-state index contributed by atoms with van der Waals surface area (Å²) in [6, 6.07) is 61.3. The normalized spacial score (nSPS) is 12.7. The zero-order valence-corrected chi connectivity index (χ0v) is 33.6. The van der Waals surface area contributed by atoms with E-state index in [9.17, 15) is 0 Å². The van der Waals surface area contributed by atoms with Gasteiger partial charge in [-0.15, -0.1) is 0 Å². The molecule has 0 aliphatic heterocycles. The molecule has 1 aliphatic carbocycles. The Labute approximate surface area is 357 Å². The van der Waals surface area contributed by atoms with Crippen molar-refractivity contribution in [2.75, 3.05) is 0 Å². The second-order valence-electron chi connectivity index (χ2n) is 15.7. The predicted octanol–water partition coefficient (Wildman–Crippen LogP) is 14.3. The largest absolute Gasteiger partial charge is 0.455 e. The molecule has 0 unspecified atom stereocenters. The van der Waals surface area contributed by atoms with Crippen LogP contribution in [0.3, 0.4) is 0 Å². The van der Waals surface area contributed by atoms with Gasteiger partial charge in [-0.05, 0) is 78.1 Å². The van der Waals surface area contributed by atoms with Gasteiger partial charge in [-0.2, -0.15) is 0 Å². The number of fused-ring (bicyclic) bond motifs is 6. The molecule has 11 aromatic rings. The molecule has 4 heterocycles. The van der Waals surface area contributed by atoms with Gasteiger partial charge in [0.2, 0.25) is 0 Å². The van der Waals surface area contributed by atoms with Crippen LogP contribution in [0.2, 0.25) is 0 Å². The number of hydrogen-bond acceptors (Lipinski definition) is 5. The van der Waals surface area contributed by atoms with Gasteiger partial charge in [0, 0.05) is 61.3 Å². The van der Waals surface area contributed by atoms with Crippen LogP contribution in [0, 0.1) is 0 Å². The number of benzene rings is 7. The van der Waals surface area contributed by atoms with Crippen molar-refractivity contribution in [3.63, 3.8) is 0 Å². The van der Waals surface area contributed by atoms with E-state index in [2.05, 4.69) is 162 Å². The summed E-state index contributed by atoms with van der Waals surface area (Å²) >= 11 is 0. The van der Waals surface area contributed by atoms with Gasteiger partial charge in [0.15, 0.2) is 17.5 Å². The van der Waals surface area contributed by atoms with E-state index < -0.39 is 0 Å². The molecule has 7 aromatic carbocycles. The lowest BCUT2D eigenvalue weighted by molar-refractivity contribution is 0.670. The van der Waals surface area contributed by atoms with Gasteiger partial charge in [-0.1, -0.05) is 146 Å². The lowest BCUT2D eigenvalue weighted by Gasteiger charge is -2.14. The Morgan fingerprint density at radius 3 is 1.94 bits per heavy atom. The minimum absolute atomic E-state index is 0.541. The van der Waals surface area contributed by atoms with Gasteiger partial charge in [-0.25, -0.2) is 15.0 Å². The zero-order chi connectivity index (χ0) is 41.0. The Morgan fingerprint density at radius 2 is 1.13 bits per heavy atom. The summed E-state index contributed by atoms with van der Waals surface area (Å²) in [6.07, 6.45) is 10.4. The van der Waals surface area contributed by atoms with Gasteiger partial charge in [0.25, 0.3) is 0 Å². The first-order valence-corrected chi connectivity index (χ1v) is 21.0. The van der Waals surface area contributed by atoms with Crippen LogP contribution in [-0.4, -0.2) is 24.5 Å². The van der Waals surface area contributed by atoms with Crippen LogP contribution in [0.15, 0.2) is 205 Å². The quantitative estimate of drug-likeness (QED) is 0.161. The number of pyridine rings is 1. The van der Waals surface area contributed by atoms with E-state index in [0.29, 0.717) is 17.5 Å². The minimum Gasteiger partial charge on any atom is -0.455 e. The highest BCUT2D eigenvalue weighted by Crippen LogP contribution is 2.43. The van der Waals surface area contributed by atoms with Crippen molar-refractivity contribution < 1.29 is 4.42 Å². The van der Waals surface area contributed by atoms with Gasteiger partial charge >= 0.3 is 0 Å². The number of allylic oxidation sites excluding steroid dienone is 4. The lowest BCUT2D eigenvalue weighted by Crippen LogP contribution is -2.04. The van der Waals surface area contributed by atoms with Crippen molar-refractivity contribution in [2.24, 2.45) is 0 Å². The first-order valence-electron chi connectivity index (χ1n) is 21.0. The van der Waals surface area contributed by atoms with E-state index in [1.807, 2.05) is 42.6 Å². The Kier molecular flexibility index (Phi) is 8.52. The SMILES string of the molecule is C1=CC(c2nc(-c3ccccc3)nc(-c3cc(-c4cccc(-c5ccccc5)c4)cnc3-c3cccc4c3oc3cc5c6ccccc6n(-c6ccccc6)c5cc34)n2)=CCC1. The number of nitrogens with zero attached hydrogens (tertiary/aromatic N) is 5. The second-order valence-corrected chi connectivity index (χ2v) is 15.7. The molecule has 0 saturated carbocycles. The number of rotatable bonds is 7. The van der Waals surface area contributed by atoms with E-state index in [4.69, 9.17) is 24.4 Å². The summed E-state index contributed by atoms with van der Waals surface area (Å²) in [5.41, 5.74) is 13.5. The highest BCUT2D eigenvalue weighted by atomic mass is 16.3. The highest BCUT2D eigenvalue weighted by Gasteiger charge is 2.23. The van der Waals surface area contributed by atoms with Crippen LogP contribution in [-0.2, 0) is 0 Å². The molecule has 0 spiro atoms. The van der Waals surface area contributed by atoms with E-state index >= 15 is 0 Å². The molecular weight excluding hydrogens is 759 g/mol. The summed E-state index contributed by atoms with van der Waals surface area (Å²) < 4.78 is 9.32. The fourth-order valence-electron chi connectivity index (χ4n) is 8.94. The van der Waals surface area contributed by atoms with Gasteiger partial charge in [0.1, 0.15) is 11.2 Å². The smallest absolute Gasteiger partial charge is 0.166 e. The van der Waals surface area contributed by atoms with Crippen LogP contribution in [0.25, 0.3) is 111 Å². The molecule has 62 heavy (non-hydrogen) atoms. The van der Waals surface area contributed by atoms with Gasteiger partial charge in [0.05, 0.1) is 16.7 Å². The Hall–Kier alpha value is -8.22. The monoisotopic (exact) mass is 795 g/mol. The van der Waals surface area contributed by atoms with E-state index in [1.165, 1.54) is 5.39 Å². The van der Waals surface area contributed by atoms with Crippen molar-refractivity contribution in [1.82, 2.24) is 24.5 Å². The molecule has 0 N–H and O–H groups in total. The topological polar surface area (TPSA) is 69.6 Å². The summed E-state index contributed by atoms with van der Waals surface area (Å²) in [6.45, 7) is 0. The maximum atomic E-state index is 6.97. The first kappa shape index (κ1) is 35.7. The third kappa shape index (κ3) is 6.11. The zero-order valence-electron chi connectivity index (χ0n) is 33.6. The van der Waals surface area contributed by atoms with Crippen molar-refractivity contribution in [3.8, 4) is 62.0 Å². The molecule has 0 amide bonds. The maximum Gasteiger partial charge on any atom is 0.166 e. The minimum atomic E-state index is 0.541. The summed E-state index contributed by atoms with van der Waals surface area (Å²) in [4.78, 5) is 20.8. The molecule has 0 saturated heterocycles. The molecule has 0 bridgehead atoms. The third-order valence-corrected chi connectivity index (χ3v) is 11.9. The molecule has 12 rings (SSSR count). The number of furan rings is 1. The van der Waals surface area contributed by atoms with Crippen LogP contribution in [0.1, 0.15) is 18.7 Å². The average Bonchev–Trinajstić information content (AvgIpc) is 3.89. The Morgan fingerprint density at radius 1 is 0.452 bits per heavy atom. The second kappa shape index (κ2) is 14.8. The standard InChI is InChI=1S/C56H37N5O/c1-5-17-36(18-6-1)39-23-15-24-40(31-39)41-32-48(56-59-54(37-19-7-2-8-20-37)58-55(60-56)38-21-9-3-10-22-38)52(57-35-41)45-29-16-28-44-47-33-50-46(34-51(47)62-53(44)45)43-27-13-14-30-49(43)61(50)42-25-11-4-12-26-42/h1-2,4-9,11-35H,3,10H2. The van der Waals surface area contributed by atoms with Crippen molar-refractivity contribution in [2.45, 2.75) is 12.8 Å². The van der Waals surface area contributed by atoms with Gasteiger partial charge in [-0.3, -0.25) is 4.98 Å². The lowest BCUT2D eigenvalue weighted by atomic mass is 9.96. The van der Waals surface area contributed by atoms with Crippen LogP contribution < -0.4 is 0 Å². The molecule has 292 valence electrons. The Balaban J connectivity index is 1.10. The molecule has 0 atom stereocenters. The summed E-state index contributed by atoms with van der Waals surface area (Å²) in [5.74, 6) is 1.78. The Bertz CT molecular complexity index is 3570. The third-order valence-electron chi connectivity index (χ3n) is 11.9. The number of hydrogen-bond donors (Lipinski definition) is 0. The molecule has 0 radical (unpaired) electrons. The van der Waals surface area contributed by atoms with Crippen LogP contribution >= 0.6 is 0 Å². The van der Waals surface area contributed by atoms with Crippen molar-refractivity contribution in [3.05, 3.63) is 206 Å². The van der Waals surface area contributed by atoms with E-state index in [1.54, 1.807) is 0 Å². The number of para-hydroxylation sites is 3. The summed E-state index contributed by atoms with van der Waals surface area (Å²) in [5, 5.41) is 4.36. The molecule has 6 nitrogen and oxygen atoms in total. The van der Waals surface area contributed by atoms with Crippen molar-refractivity contribution in [1.29, 1.82) is 0 Å². The fourth-order valence-corrected chi connectivity index (χ4v) is 8.94. The number of aromatic nitrogens is 5.